The monoisotopic (exact) mass is 302 g/mol. The van der Waals surface area contributed by atoms with Crippen LogP contribution in [0.3, 0.4) is 0 Å². The minimum absolute atomic E-state index is 0.0348. The highest BCUT2D eigenvalue weighted by molar-refractivity contribution is 8.13. The zero-order valence-electron chi connectivity index (χ0n) is 10.2. The quantitative estimate of drug-likeness (QED) is 0.878. The van der Waals surface area contributed by atoms with E-state index in [1.807, 2.05) is 13.8 Å². The van der Waals surface area contributed by atoms with E-state index < -0.39 is 15.0 Å². The Bertz CT molecular complexity index is 764. The van der Waals surface area contributed by atoms with Crippen LogP contribution in [0.15, 0.2) is 23.2 Å². The Morgan fingerprint density at radius 2 is 2.05 bits per heavy atom. The molecule has 0 atom stereocenters. The van der Waals surface area contributed by atoms with E-state index in [0.717, 1.165) is 6.07 Å². The van der Waals surface area contributed by atoms with Crippen LogP contribution in [0.4, 0.5) is 0 Å². The van der Waals surface area contributed by atoms with Crippen molar-refractivity contribution in [3.8, 4) is 0 Å². The van der Waals surface area contributed by atoms with E-state index in [4.69, 9.17) is 15.8 Å². The SMILES string of the molecule is CC(C)n1ncc2c(C(=O)O)cc(S(=O)(=O)Cl)cc21. The molecule has 0 aliphatic heterocycles. The minimum atomic E-state index is -4.00. The molecule has 0 spiro atoms. The number of aromatic carboxylic acids is 1. The topological polar surface area (TPSA) is 89.3 Å². The molecule has 1 aromatic carbocycles. The zero-order chi connectivity index (χ0) is 14.4. The molecule has 2 rings (SSSR count). The van der Waals surface area contributed by atoms with Gasteiger partial charge in [-0.2, -0.15) is 5.10 Å². The predicted octanol–water partition coefficient (Wildman–Crippen LogP) is 2.24. The largest absolute Gasteiger partial charge is 0.478 e. The van der Waals surface area contributed by atoms with Crippen molar-refractivity contribution in [3.05, 3.63) is 23.9 Å². The van der Waals surface area contributed by atoms with Gasteiger partial charge in [0, 0.05) is 22.1 Å². The molecular weight excluding hydrogens is 292 g/mol. The van der Waals surface area contributed by atoms with Gasteiger partial charge >= 0.3 is 5.97 Å². The number of nitrogens with zero attached hydrogens (tertiary/aromatic N) is 2. The third-order valence-electron chi connectivity index (χ3n) is 2.69. The maximum atomic E-state index is 11.4. The fourth-order valence-electron chi connectivity index (χ4n) is 1.85. The first-order valence-electron chi connectivity index (χ1n) is 5.41. The first-order valence-corrected chi connectivity index (χ1v) is 7.72. The Morgan fingerprint density at radius 3 is 2.53 bits per heavy atom. The Kier molecular flexibility index (Phi) is 3.27. The van der Waals surface area contributed by atoms with Crippen molar-refractivity contribution in [1.82, 2.24) is 9.78 Å². The van der Waals surface area contributed by atoms with E-state index in [1.165, 1.54) is 12.3 Å². The number of benzene rings is 1. The lowest BCUT2D eigenvalue weighted by Gasteiger charge is -2.08. The smallest absolute Gasteiger partial charge is 0.336 e. The number of aromatic nitrogens is 2. The number of hydrogen-bond donors (Lipinski definition) is 1. The Balaban J connectivity index is 2.91. The van der Waals surface area contributed by atoms with E-state index in [0.29, 0.717) is 10.9 Å². The van der Waals surface area contributed by atoms with Crippen LogP contribution in [0.1, 0.15) is 30.2 Å². The summed E-state index contributed by atoms with van der Waals surface area (Å²) in [6.07, 6.45) is 1.41. The van der Waals surface area contributed by atoms with Crippen molar-refractivity contribution in [3.63, 3.8) is 0 Å². The summed E-state index contributed by atoms with van der Waals surface area (Å²) in [6.45, 7) is 3.71. The molecule has 2 aromatic rings. The van der Waals surface area contributed by atoms with Gasteiger partial charge in [-0.3, -0.25) is 4.68 Å². The summed E-state index contributed by atoms with van der Waals surface area (Å²) in [4.78, 5) is 10.9. The van der Waals surface area contributed by atoms with E-state index in [1.54, 1.807) is 4.68 Å². The molecule has 0 fully saturated rings. The second-order valence-electron chi connectivity index (χ2n) is 4.33. The Morgan fingerprint density at radius 1 is 1.42 bits per heavy atom. The number of carboxylic acids is 1. The van der Waals surface area contributed by atoms with Crippen LogP contribution < -0.4 is 0 Å². The third kappa shape index (κ3) is 2.43. The van der Waals surface area contributed by atoms with E-state index in [-0.39, 0.29) is 16.5 Å². The molecule has 0 radical (unpaired) electrons. The molecule has 0 saturated carbocycles. The highest BCUT2D eigenvalue weighted by Gasteiger charge is 2.20. The van der Waals surface area contributed by atoms with E-state index >= 15 is 0 Å². The summed E-state index contributed by atoms with van der Waals surface area (Å²) in [5, 5.41) is 13.6. The molecule has 0 amide bonds. The standard InChI is InChI=1S/C11H11ClN2O4S/c1-6(2)14-10-4-7(19(12,17)18)3-8(11(15)16)9(10)5-13-14/h3-6H,1-2H3,(H,15,16). The van der Waals surface area contributed by atoms with Crippen molar-refractivity contribution < 1.29 is 18.3 Å². The van der Waals surface area contributed by atoms with Gasteiger partial charge in [0.25, 0.3) is 9.05 Å². The van der Waals surface area contributed by atoms with Gasteiger partial charge in [-0.25, -0.2) is 13.2 Å². The molecule has 0 aliphatic carbocycles. The van der Waals surface area contributed by atoms with Gasteiger partial charge in [-0.05, 0) is 26.0 Å². The summed E-state index contributed by atoms with van der Waals surface area (Å²) in [7, 11) is 1.28. The molecule has 6 nitrogen and oxygen atoms in total. The number of rotatable bonds is 3. The van der Waals surface area contributed by atoms with Crippen LogP contribution in [0.5, 0.6) is 0 Å². The van der Waals surface area contributed by atoms with Crippen molar-refractivity contribution in [2.45, 2.75) is 24.8 Å². The lowest BCUT2D eigenvalue weighted by molar-refractivity contribution is 0.0699. The van der Waals surface area contributed by atoms with Crippen LogP contribution in [0.2, 0.25) is 0 Å². The van der Waals surface area contributed by atoms with E-state index in [9.17, 15) is 13.2 Å². The van der Waals surface area contributed by atoms with Gasteiger partial charge in [-0.1, -0.05) is 0 Å². The van der Waals surface area contributed by atoms with Crippen LogP contribution in [-0.2, 0) is 9.05 Å². The Hall–Kier alpha value is -1.60. The van der Waals surface area contributed by atoms with Crippen molar-refractivity contribution >= 4 is 36.6 Å². The summed E-state index contributed by atoms with van der Waals surface area (Å²) in [5.41, 5.74) is 0.290. The van der Waals surface area contributed by atoms with Crippen molar-refractivity contribution in [1.29, 1.82) is 0 Å². The lowest BCUT2D eigenvalue weighted by Crippen LogP contribution is -2.05. The molecule has 1 heterocycles. The minimum Gasteiger partial charge on any atom is -0.478 e. The first-order chi connectivity index (χ1) is 8.71. The normalized spacial score (nSPS) is 12.2. The maximum absolute atomic E-state index is 11.4. The third-order valence-corrected chi connectivity index (χ3v) is 4.02. The number of fused-ring (bicyclic) bond motifs is 1. The average Bonchev–Trinajstić information content (AvgIpc) is 2.69. The van der Waals surface area contributed by atoms with Gasteiger partial charge in [-0.15, -0.1) is 0 Å². The number of halogens is 1. The van der Waals surface area contributed by atoms with Crippen molar-refractivity contribution in [2.24, 2.45) is 0 Å². The summed E-state index contributed by atoms with van der Waals surface area (Å²) in [6, 6.07) is 2.34. The number of carbonyl (C=O) groups is 1. The van der Waals surface area contributed by atoms with Gasteiger partial charge in [0.1, 0.15) is 0 Å². The van der Waals surface area contributed by atoms with Crippen molar-refractivity contribution in [2.75, 3.05) is 0 Å². The number of hydrogen-bond acceptors (Lipinski definition) is 4. The van der Waals surface area contributed by atoms with E-state index in [2.05, 4.69) is 5.10 Å². The fraction of sp³-hybridized carbons (Fsp3) is 0.273. The highest BCUT2D eigenvalue weighted by Crippen LogP contribution is 2.27. The lowest BCUT2D eigenvalue weighted by atomic mass is 10.1. The molecule has 1 aromatic heterocycles. The molecule has 19 heavy (non-hydrogen) atoms. The first kappa shape index (κ1) is 13.8. The molecule has 1 N–H and O–H groups in total. The van der Waals surface area contributed by atoms with Gasteiger partial charge in [0.2, 0.25) is 0 Å². The summed E-state index contributed by atoms with van der Waals surface area (Å²) >= 11 is 0. The van der Waals surface area contributed by atoms with Gasteiger partial charge < -0.3 is 5.11 Å². The molecule has 102 valence electrons. The molecule has 0 bridgehead atoms. The van der Waals surface area contributed by atoms with Gasteiger partial charge in [0.05, 0.1) is 22.2 Å². The zero-order valence-corrected chi connectivity index (χ0v) is 11.7. The molecule has 8 heteroatoms. The molecule has 0 unspecified atom stereocenters. The van der Waals surface area contributed by atoms with Crippen LogP contribution >= 0.6 is 10.7 Å². The second-order valence-corrected chi connectivity index (χ2v) is 6.90. The predicted molar refractivity (Wildman–Crippen MR) is 70.1 cm³/mol. The van der Waals surface area contributed by atoms with Gasteiger partial charge in [0.15, 0.2) is 0 Å². The average molecular weight is 303 g/mol. The maximum Gasteiger partial charge on any atom is 0.336 e. The number of carboxylic acid groups (broad SMARTS) is 1. The van der Waals surface area contributed by atoms with Crippen LogP contribution in [0.25, 0.3) is 10.9 Å². The van der Waals surface area contributed by atoms with Crippen LogP contribution in [-0.4, -0.2) is 29.3 Å². The molecule has 0 aliphatic rings. The Labute approximate surface area is 114 Å². The highest BCUT2D eigenvalue weighted by atomic mass is 35.7. The molecular formula is C11H11ClN2O4S. The second kappa shape index (κ2) is 4.50. The fourth-order valence-corrected chi connectivity index (χ4v) is 2.63. The summed E-state index contributed by atoms with van der Waals surface area (Å²) < 4.78 is 24.3. The summed E-state index contributed by atoms with van der Waals surface area (Å²) in [5.74, 6) is -1.23. The molecule has 0 saturated heterocycles. The van der Waals surface area contributed by atoms with Crippen LogP contribution in [0, 0.1) is 0 Å².